The molecule has 1 aliphatic rings. The van der Waals surface area contributed by atoms with Crippen LogP contribution in [0.5, 0.6) is 0 Å². The number of hydrogen-bond donors (Lipinski definition) is 1. The summed E-state index contributed by atoms with van der Waals surface area (Å²) in [6.07, 6.45) is 1.25. The van der Waals surface area contributed by atoms with Crippen LogP contribution in [-0.2, 0) is 6.54 Å². The molecule has 0 aliphatic carbocycles. The zero-order chi connectivity index (χ0) is 11.4. The highest BCUT2D eigenvalue weighted by atomic mass is 19.1. The summed E-state index contributed by atoms with van der Waals surface area (Å²) >= 11 is 0. The molecule has 1 aromatic carbocycles. The minimum absolute atomic E-state index is 0.112. The fourth-order valence-electron chi connectivity index (χ4n) is 2.25. The fraction of sp³-hybridized carbons (Fsp3) is 0.538. The van der Waals surface area contributed by atoms with E-state index in [1.165, 1.54) is 19.0 Å². The number of nitrogens with one attached hydrogen (secondary N) is 1. The van der Waals surface area contributed by atoms with E-state index in [2.05, 4.69) is 17.3 Å². The molecule has 1 saturated heterocycles. The van der Waals surface area contributed by atoms with Crippen LogP contribution in [0.2, 0.25) is 0 Å². The minimum Gasteiger partial charge on any atom is -0.312 e. The zero-order valence-electron chi connectivity index (χ0n) is 9.75. The summed E-state index contributed by atoms with van der Waals surface area (Å²) in [5, 5.41) is 3.34. The molecule has 2 nitrogen and oxygen atoms in total. The van der Waals surface area contributed by atoms with Gasteiger partial charge in [-0.2, -0.15) is 0 Å². The highest BCUT2D eigenvalue weighted by Gasteiger charge is 2.18. The lowest BCUT2D eigenvalue weighted by Crippen LogP contribution is -2.25. The maximum absolute atomic E-state index is 13.3. The molecular formula is C13H19FN2. The Morgan fingerprint density at radius 2 is 2.25 bits per heavy atom. The Morgan fingerprint density at radius 3 is 2.94 bits per heavy atom. The van der Waals surface area contributed by atoms with Gasteiger partial charge in [-0.05, 0) is 38.5 Å². The average Bonchev–Trinajstić information content (AvgIpc) is 2.67. The molecule has 1 aliphatic heterocycles. The highest BCUT2D eigenvalue weighted by Crippen LogP contribution is 2.13. The first kappa shape index (κ1) is 11.6. The van der Waals surface area contributed by atoms with Crippen LogP contribution in [0.3, 0.4) is 0 Å². The van der Waals surface area contributed by atoms with E-state index in [0.717, 1.165) is 24.6 Å². The van der Waals surface area contributed by atoms with E-state index in [4.69, 9.17) is 0 Å². The summed E-state index contributed by atoms with van der Waals surface area (Å²) in [7, 11) is 2.15. The molecule has 0 spiro atoms. The number of rotatable bonds is 4. The van der Waals surface area contributed by atoms with Crippen molar-refractivity contribution < 1.29 is 4.39 Å². The van der Waals surface area contributed by atoms with Crippen LogP contribution >= 0.6 is 0 Å². The lowest BCUT2D eigenvalue weighted by molar-refractivity contribution is 0.387. The van der Waals surface area contributed by atoms with Gasteiger partial charge in [-0.3, -0.25) is 0 Å². The van der Waals surface area contributed by atoms with Crippen LogP contribution in [0, 0.1) is 11.7 Å². The van der Waals surface area contributed by atoms with Crippen molar-refractivity contribution in [1.82, 2.24) is 10.2 Å². The van der Waals surface area contributed by atoms with Gasteiger partial charge in [-0.25, -0.2) is 4.39 Å². The maximum atomic E-state index is 13.3. The number of hydrogen-bond acceptors (Lipinski definition) is 2. The van der Waals surface area contributed by atoms with Crippen molar-refractivity contribution in [2.45, 2.75) is 13.0 Å². The van der Waals surface area contributed by atoms with Crippen molar-refractivity contribution >= 4 is 0 Å². The SMILES string of the molecule is CN1CCC(CNCc2ccccc2F)C1. The van der Waals surface area contributed by atoms with Crippen LogP contribution in [-0.4, -0.2) is 31.6 Å². The summed E-state index contributed by atoms with van der Waals surface area (Å²) in [5.74, 6) is 0.607. The van der Waals surface area contributed by atoms with E-state index in [1.807, 2.05) is 12.1 Å². The van der Waals surface area contributed by atoms with Crippen molar-refractivity contribution in [3.63, 3.8) is 0 Å². The third-order valence-corrected chi connectivity index (χ3v) is 3.20. The topological polar surface area (TPSA) is 15.3 Å². The summed E-state index contributed by atoms with van der Waals surface area (Å²) in [6, 6.07) is 6.96. The Bertz CT molecular complexity index is 340. The molecule has 0 amide bonds. The van der Waals surface area contributed by atoms with Crippen molar-refractivity contribution in [2.24, 2.45) is 5.92 Å². The van der Waals surface area contributed by atoms with Gasteiger partial charge in [0.1, 0.15) is 5.82 Å². The Balaban J connectivity index is 1.74. The van der Waals surface area contributed by atoms with Crippen molar-refractivity contribution in [2.75, 3.05) is 26.7 Å². The van der Waals surface area contributed by atoms with Crippen molar-refractivity contribution in [3.05, 3.63) is 35.6 Å². The predicted octanol–water partition coefficient (Wildman–Crippen LogP) is 1.87. The number of likely N-dealkylation sites (tertiary alicyclic amines) is 1. The van der Waals surface area contributed by atoms with Crippen molar-refractivity contribution in [1.29, 1.82) is 0 Å². The Kier molecular flexibility index (Phi) is 3.91. The first-order chi connectivity index (χ1) is 7.75. The normalized spacial score (nSPS) is 21.5. The third-order valence-electron chi connectivity index (χ3n) is 3.20. The molecule has 2 rings (SSSR count). The van der Waals surface area contributed by atoms with Gasteiger partial charge in [0.05, 0.1) is 0 Å². The van der Waals surface area contributed by atoms with E-state index in [9.17, 15) is 4.39 Å². The van der Waals surface area contributed by atoms with Gasteiger partial charge >= 0.3 is 0 Å². The lowest BCUT2D eigenvalue weighted by atomic mass is 10.1. The van der Waals surface area contributed by atoms with Crippen LogP contribution in [0.4, 0.5) is 4.39 Å². The molecule has 1 atom stereocenters. The van der Waals surface area contributed by atoms with Crippen LogP contribution in [0.25, 0.3) is 0 Å². The molecule has 1 fully saturated rings. The molecule has 1 aromatic rings. The zero-order valence-corrected chi connectivity index (χ0v) is 9.75. The molecule has 1 heterocycles. The monoisotopic (exact) mass is 222 g/mol. The minimum atomic E-state index is -0.112. The first-order valence-corrected chi connectivity index (χ1v) is 5.88. The second-order valence-electron chi connectivity index (χ2n) is 4.64. The summed E-state index contributed by atoms with van der Waals surface area (Å²) in [5.41, 5.74) is 0.758. The maximum Gasteiger partial charge on any atom is 0.127 e. The Labute approximate surface area is 96.5 Å². The van der Waals surface area contributed by atoms with E-state index >= 15 is 0 Å². The molecule has 1 unspecified atom stereocenters. The van der Waals surface area contributed by atoms with Gasteiger partial charge in [-0.15, -0.1) is 0 Å². The molecule has 0 radical (unpaired) electrons. The quantitative estimate of drug-likeness (QED) is 0.836. The second kappa shape index (κ2) is 5.41. The van der Waals surface area contributed by atoms with Gasteiger partial charge in [0.15, 0.2) is 0 Å². The van der Waals surface area contributed by atoms with Gasteiger partial charge in [0.25, 0.3) is 0 Å². The molecular weight excluding hydrogens is 203 g/mol. The van der Waals surface area contributed by atoms with Gasteiger partial charge in [0, 0.05) is 18.7 Å². The highest BCUT2D eigenvalue weighted by molar-refractivity contribution is 5.16. The molecule has 0 aromatic heterocycles. The molecule has 16 heavy (non-hydrogen) atoms. The van der Waals surface area contributed by atoms with Crippen LogP contribution in [0.1, 0.15) is 12.0 Å². The average molecular weight is 222 g/mol. The molecule has 0 saturated carbocycles. The molecule has 88 valence electrons. The standard InChI is InChI=1S/C13H19FN2/c1-16-7-6-11(10-16)8-15-9-12-4-2-3-5-13(12)14/h2-5,11,15H,6-10H2,1H3. The van der Waals surface area contributed by atoms with E-state index < -0.39 is 0 Å². The van der Waals surface area contributed by atoms with E-state index in [-0.39, 0.29) is 5.82 Å². The van der Waals surface area contributed by atoms with E-state index in [0.29, 0.717) is 6.54 Å². The molecule has 1 N–H and O–H groups in total. The summed E-state index contributed by atoms with van der Waals surface area (Å²) in [6.45, 7) is 3.96. The second-order valence-corrected chi connectivity index (χ2v) is 4.64. The lowest BCUT2D eigenvalue weighted by Gasteiger charge is -2.11. The van der Waals surface area contributed by atoms with Gasteiger partial charge in [-0.1, -0.05) is 18.2 Å². The number of nitrogens with zero attached hydrogens (tertiary/aromatic N) is 1. The number of benzene rings is 1. The molecule has 0 bridgehead atoms. The predicted molar refractivity (Wildman–Crippen MR) is 63.7 cm³/mol. The summed E-state index contributed by atoms with van der Waals surface area (Å²) in [4.78, 5) is 2.34. The fourth-order valence-corrected chi connectivity index (χ4v) is 2.25. The van der Waals surface area contributed by atoms with E-state index in [1.54, 1.807) is 6.07 Å². The largest absolute Gasteiger partial charge is 0.312 e. The van der Waals surface area contributed by atoms with Gasteiger partial charge in [0.2, 0.25) is 0 Å². The smallest absolute Gasteiger partial charge is 0.127 e. The van der Waals surface area contributed by atoms with Crippen LogP contribution in [0.15, 0.2) is 24.3 Å². The third kappa shape index (κ3) is 3.03. The summed E-state index contributed by atoms with van der Waals surface area (Å²) < 4.78 is 13.3. The Morgan fingerprint density at radius 1 is 1.44 bits per heavy atom. The van der Waals surface area contributed by atoms with Gasteiger partial charge < -0.3 is 10.2 Å². The Hall–Kier alpha value is -0.930. The number of halogens is 1. The molecule has 3 heteroatoms. The van der Waals surface area contributed by atoms with Crippen LogP contribution < -0.4 is 5.32 Å². The van der Waals surface area contributed by atoms with Crippen molar-refractivity contribution in [3.8, 4) is 0 Å². The first-order valence-electron chi connectivity index (χ1n) is 5.88.